The van der Waals surface area contributed by atoms with Crippen LogP contribution in [-0.2, 0) is 9.59 Å². The van der Waals surface area contributed by atoms with Crippen LogP contribution in [-0.4, -0.2) is 36.3 Å². The second-order valence-electron chi connectivity index (χ2n) is 2.60. The molecule has 0 aromatic carbocycles. The lowest BCUT2D eigenvalue weighted by Gasteiger charge is -2.25. The molecular formula is C8H16N2O2. The Labute approximate surface area is 72.9 Å². The lowest BCUT2D eigenvalue weighted by Crippen LogP contribution is -2.46. The van der Waals surface area contributed by atoms with Gasteiger partial charge in [-0.05, 0) is 13.8 Å². The molecule has 0 rings (SSSR count). The summed E-state index contributed by atoms with van der Waals surface area (Å²) in [4.78, 5) is 23.6. The molecule has 0 aliphatic heterocycles. The third kappa shape index (κ3) is 2.53. The zero-order valence-electron chi connectivity index (χ0n) is 8.05. The molecule has 0 fully saturated rings. The SMILES string of the molecule is CCN(C(C)=O)C(C)C(=O)NC. The van der Waals surface area contributed by atoms with E-state index in [9.17, 15) is 9.59 Å². The Morgan fingerprint density at radius 2 is 2.00 bits per heavy atom. The lowest BCUT2D eigenvalue weighted by molar-refractivity contribution is -0.137. The van der Waals surface area contributed by atoms with Gasteiger partial charge in [0.15, 0.2) is 0 Å². The number of nitrogens with one attached hydrogen (secondary N) is 1. The number of nitrogens with zero attached hydrogens (tertiary/aromatic N) is 1. The van der Waals surface area contributed by atoms with Crippen molar-refractivity contribution in [2.45, 2.75) is 26.8 Å². The number of likely N-dealkylation sites (N-methyl/N-ethyl adjacent to an activating group) is 2. The summed E-state index contributed by atoms with van der Waals surface area (Å²) < 4.78 is 0. The van der Waals surface area contributed by atoms with E-state index in [0.717, 1.165) is 0 Å². The van der Waals surface area contributed by atoms with E-state index in [1.165, 1.54) is 11.8 Å². The van der Waals surface area contributed by atoms with E-state index in [1.54, 1.807) is 14.0 Å². The molecule has 1 atom stereocenters. The van der Waals surface area contributed by atoms with Gasteiger partial charge in [0.25, 0.3) is 0 Å². The third-order valence-electron chi connectivity index (χ3n) is 1.84. The van der Waals surface area contributed by atoms with Gasteiger partial charge in [-0.2, -0.15) is 0 Å². The highest BCUT2D eigenvalue weighted by Gasteiger charge is 2.20. The van der Waals surface area contributed by atoms with E-state index in [-0.39, 0.29) is 17.9 Å². The average Bonchev–Trinajstić information content (AvgIpc) is 2.03. The fourth-order valence-corrected chi connectivity index (χ4v) is 1.12. The summed E-state index contributed by atoms with van der Waals surface area (Å²) >= 11 is 0. The molecule has 0 radical (unpaired) electrons. The van der Waals surface area contributed by atoms with Crippen LogP contribution < -0.4 is 5.32 Å². The highest BCUT2D eigenvalue weighted by molar-refractivity contribution is 5.86. The Morgan fingerprint density at radius 1 is 1.50 bits per heavy atom. The maximum Gasteiger partial charge on any atom is 0.242 e. The van der Waals surface area contributed by atoms with Gasteiger partial charge in [-0.3, -0.25) is 9.59 Å². The van der Waals surface area contributed by atoms with Gasteiger partial charge in [0.1, 0.15) is 6.04 Å². The van der Waals surface area contributed by atoms with E-state index in [0.29, 0.717) is 6.54 Å². The predicted molar refractivity (Wildman–Crippen MR) is 46.6 cm³/mol. The Kier molecular flexibility index (Phi) is 4.33. The first-order valence-electron chi connectivity index (χ1n) is 4.03. The summed E-state index contributed by atoms with van der Waals surface area (Å²) in [5.41, 5.74) is 0. The van der Waals surface area contributed by atoms with Gasteiger partial charge in [-0.25, -0.2) is 0 Å². The van der Waals surface area contributed by atoms with Gasteiger partial charge in [0, 0.05) is 20.5 Å². The highest BCUT2D eigenvalue weighted by Crippen LogP contribution is 1.98. The van der Waals surface area contributed by atoms with Gasteiger partial charge >= 0.3 is 0 Å². The molecule has 4 heteroatoms. The first-order valence-corrected chi connectivity index (χ1v) is 4.03. The smallest absolute Gasteiger partial charge is 0.242 e. The molecule has 0 aliphatic carbocycles. The molecule has 1 N–H and O–H groups in total. The van der Waals surface area contributed by atoms with Crippen LogP contribution >= 0.6 is 0 Å². The summed E-state index contributed by atoms with van der Waals surface area (Å²) in [5.74, 6) is -0.208. The Balaban J connectivity index is 4.30. The van der Waals surface area contributed by atoms with E-state index in [2.05, 4.69) is 5.32 Å². The van der Waals surface area contributed by atoms with Gasteiger partial charge in [0.2, 0.25) is 11.8 Å². The number of rotatable bonds is 3. The summed E-state index contributed by atoms with van der Waals surface area (Å²) in [6.45, 7) is 5.58. The maximum atomic E-state index is 11.1. The zero-order valence-corrected chi connectivity index (χ0v) is 8.05. The van der Waals surface area contributed by atoms with Crippen molar-refractivity contribution in [2.24, 2.45) is 0 Å². The van der Waals surface area contributed by atoms with Crippen LogP contribution in [0.25, 0.3) is 0 Å². The monoisotopic (exact) mass is 172 g/mol. The molecule has 12 heavy (non-hydrogen) atoms. The maximum absolute atomic E-state index is 11.1. The topological polar surface area (TPSA) is 49.4 Å². The molecule has 0 spiro atoms. The van der Waals surface area contributed by atoms with Gasteiger partial charge < -0.3 is 10.2 Å². The summed E-state index contributed by atoms with van der Waals surface area (Å²) in [6, 6.07) is -0.377. The Morgan fingerprint density at radius 3 is 2.25 bits per heavy atom. The summed E-state index contributed by atoms with van der Waals surface area (Å²) in [5, 5.41) is 2.50. The Hall–Kier alpha value is -1.06. The number of amides is 2. The van der Waals surface area contributed by atoms with Gasteiger partial charge in [0.05, 0.1) is 0 Å². The highest BCUT2D eigenvalue weighted by atomic mass is 16.2. The summed E-state index contributed by atoms with van der Waals surface area (Å²) in [6.07, 6.45) is 0. The Bertz CT molecular complexity index is 180. The minimum Gasteiger partial charge on any atom is -0.357 e. The van der Waals surface area contributed by atoms with Crippen molar-refractivity contribution in [3.63, 3.8) is 0 Å². The van der Waals surface area contributed by atoms with E-state index in [4.69, 9.17) is 0 Å². The van der Waals surface area contributed by atoms with Crippen LogP contribution in [0.1, 0.15) is 20.8 Å². The molecule has 2 amide bonds. The molecule has 0 aromatic heterocycles. The molecule has 4 nitrogen and oxygen atoms in total. The molecule has 0 aromatic rings. The second-order valence-corrected chi connectivity index (χ2v) is 2.60. The molecule has 0 aliphatic rings. The second kappa shape index (κ2) is 4.74. The van der Waals surface area contributed by atoms with Crippen LogP contribution in [0.3, 0.4) is 0 Å². The van der Waals surface area contributed by atoms with Gasteiger partial charge in [-0.1, -0.05) is 0 Å². The minimum atomic E-state index is -0.377. The minimum absolute atomic E-state index is 0.0754. The van der Waals surface area contributed by atoms with Crippen molar-refractivity contribution in [2.75, 3.05) is 13.6 Å². The molecule has 0 saturated heterocycles. The molecule has 1 unspecified atom stereocenters. The molecule has 0 heterocycles. The van der Waals surface area contributed by atoms with E-state index in [1.807, 2.05) is 6.92 Å². The molecular weight excluding hydrogens is 156 g/mol. The van der Waals surface area contributed by atoms with Gasteiger partial charge in [-0.15, -0.1) is 0 Å². The van der Waals surface area contributed by atoms with Crippen molar-refractivity contribution in [1.82, 2.24) is 10.2 Å². The molecule has 0 saturated carbocycles. The predicted octanol–water partition coefficient (Wildman–Crippen LogP) is -0.0107. The van der Waals surface area contributed by atoms with Crippen LogP contribution in [0.2, 0.25) is 0 Å². The first-order chi connectivity index (χ1) is 5.54. The number of hydrogen-bond donors (Lipinski definition) is 1. The fraction of sp³-hybridized carbons (Fsp3) is 0.750. The van der Waals surface area contributed by atoms with Crippen LogP contribution in [0.5, 0.6) is 0 Å². The molecule has 0 bridgehead atoms. The standard InChI is InChI=1S/C8H16N2O2/c1-5-10(7(3)11)6(2)8(12)9-4/h6H,5H2,1-4H3,(H,9,12). The van der Waals surface area contributed by atoms with Crippen molar-refractivity contribution >= 4 is 11.8 Å². The normalized spacial score (nSPS) is 12.0. The number of carbonyl (C=O) groups excluding carboxylic acids is 2. The van der Waals surface area contributed by atoms with Crippen molar-refractivity contribution < 1.29 is 9.59 Å². The van der Waals surface area contributed by atoms with E-state index < -0.39 is 0 Å². The first kappa shape index (κ1) is 10.9. The third-order valence-corrected chi connectivity index (χ3v) is 1.84. The lowest BCUT2D eigenvalue weighted by atomic mass is 10.2. The van der Waals surface area contributed by atoms with Crippen molar-refractivity contribution in [3.05, 3.63) is 0 Å². The zero-order chi connectivity index (χ0) is 9.72. The summed E-state index contributed by atoms with van der Waals surface area (Å²) in [7, 11) is 1.56. The quantitative estimate of drug-likeness (QED) is 0.651. The number of carbonyl (C=O) groups is 2. The fourth-order valence-electron chi connectivity index (χ4n) is 1.12. The van der Waals surface area contributed by atoms with E-state index >= 15 is 0 Å². The largest absolute Gasteiger partial charge is 0.357 e. The number of hydrogen-bond acceptors (Lipinski definition) is 2. The average molecular weight is 172 g/mol. The van der Waals surface area contributed by atoms with Crippen LogP contribution in [0, 0.1) is 0 Å². The van der Waals surface area contributed by atoms with Crippen LogP contribution in [0.15, 0.2) is 0 Å². The molecule has 70 valence electrons. The van der Waals surface area contributed by atoms with Crippen molar-refractivity contribution in [1.29, 1.82) is 0 Å². The van der Waals surface area contributed by atoms with Crippen molar-refractivity contribution in [3.8, 4) is 0 Å². The van der Waals surface area contributed by atoms with Crippen LogP contribution in [0.4, 0.5) is 0 Å².